The summed E-state index contributed by atoms with van der Waals surface area (Å²) >= 11 is 0. The van der Waals surface area contributed by atoms with Gasteiger partial charge in [0.15, 0.2) is 0 Å². The zero-order valence-electron chi connectivity index (χ0n) is 11.9. The lowest BCUT2D eigenvalue weighted by atomic mass is 9.94. The molecule has 0 spiro atoms. The van der Waals surface area contributed by atoms with Crippen LogP contribution in [0.3, 0.4) is 0 Å². The number of β-lactam (4-membered cyclic amide) rings is 1. The first-order valence-corrected chi connectivity index (χ1v) is 6.99. The molecule has 0 radical (unpaired) electrons. The molecule has 1 saturated heterocycles. The molecule has 2 atom stereocenters. The molecule has 0 N–H and O–H groups in total. The molecule has 3 rings (SSSR count). The minimum absolute atomic E-state index is 0.00655. The lowest BCUT2D eigenvalue weighted by Gasteiger charge is -2.38. The number of hydrogen-bond donors (Lipinski definition) is 0. The fourth-order valence-corrected chi connectivity index (χ4v) is 3.13. The third-order valence-electron chi connectivity index (χ3n) is 4.00. The molecule has 0 aromatic carbocycles. The van der Waals surface area contributed by atoms with Gasteiger partial charge in [-0.05, 0) is 12.0 Å². The third kappa shape index (κ3) is 1.98. The van der Waals surface area contributed by atoms with Gasteiger partial charge in [-0.25, -0.2) is 9.78 Å². The Labute approximate surface area is 122 Å². The van der Waals surface area contributed by atoms with E-state index in [1.165, 1.54) is 6.08 Å². The van der Waals surface area contributed by atoms with Gasteiger partial charge in [0, 0.05) is 12.4 Å². The Morgan fingerprint density at radius 3 is 3.00 bits per heavy atom. The van der Waals surface area contributed by atoms with E-state index in [9.17, 15) is 9.59 Å². The van der Waals surface area contributed by atoms with Crippen molar-refractivity contribution in [3.63, 3.8) is 0 Å². The van der Waals surface area contributed by atoms with E-state index in [0.717, 1.165) is 5.57 Å². The number of aromatic nitrogens is 2. The summed E-state index contributed by atoms with van der Waals surface area (Å²) < 4.78 is 7.10. The van der Waals surface area contributed by atoms with Gasteiger partial charge < -0.3 is 9.30 Å². The molecular weight excluding hydrogens is 270 g/mol. The smallest absolute Gasteiger partial charge is 0.355 e. The average molecular weight is 287 g/mol. The van der Waals surface area contributed by atoms with Crippen LogP contribution in [0.15, 0.2) is 42.6 Å². The number of amides is 1. The normalized spacial score (nSPS) is 23.9. The predicted molar refractivity (Wildman–Crippen MR) is 75.0 cm³/mol. The first-order valence-electron chi connectivity index (χ1n) is 6.99. The summed E-state index contributed by atoms with van der Waals surface area (Å²) in [6, 6.07) is -0.0330. The number of carbonyl (C=O) groups is 2. The highest BCUT2D eigenvalue weighted by Crippen LogP contribution is 2.46. The summed E-state index contributed by atoms with van der Waals surface area (Å²) in [7, 11) is 0. The number of esters is 1. The number of carbonyl (C=O) groups excluding carboxylic acids is 2. The molecule has 1 aromatic heterocycles. The predicted octanol–water partition coefficient (Wildman–Crippen LogP) is 1.43. The minimum atomic E-state index is -0.451. The lowest BCUT2D eigenvalue weighted by molar-refractivity contribution is -0.150. The zero-order chi connectivity index (χ0) is 15.0. The van der Waals surface area contributed by atoms with Gasteiger partial charge in [-0.15, -0.1) is 0 Å². The second-order valence-corrected chi connectivity index (χ2v) is 5.10. The monoisotopic (exact) mass is 287 g/mol. The van der Waals surface area contributed by atoms with Gasteiger partial charge in [0.25, 0.3) is 0 Å². The number of nitrogens with zero attached hydrogens (tertiary/aromatic N) is 3. The Hall–Kier alpha value is -2.37. The molecule has 0 saturated carbocycles. The lowest BCUT2D eigenvalue weighted by Crippen LogP contribution is -2.52. The summed E-state index contributed by atoms with van der Waals surface area (Å²) in [5.41, 5.74) is 1.33. The molecule has 2 unspecified atom stereocenters. The number of fused-ring (bicyclic) bond motifs is 1. The maximum absolute atomic E-state index is 12.3. The second-order valence-electron chi connectivity index (χ2n) is 5.10. The van der Waals surface area contributed by atoms with Crippen molar-refractivity contribution in [2.45, 2.75) is 31.8 Å². The van der Waals surface area contributed by atoms with Crippen molar-refractivity contribution < 1.29 is 14.3 Å². The van der Waals surface area contributed by atoms with Crippen molar-refractivity contribution in [3.05, 3.63) is 42.6 Å². The van der Waals surface area contributed by atoms with Crippen LogP contribution in [0, 0.1) is 0 Å². The van der Waals surface area contributed by atoms with E-state index >= 15 is 0 Å². The third-order valence-corrected chi connectivity index (χ3v) is 4.00. The van der Waals surface area contributed by atoms with Crippen LogP contribution in [0.5, 0.6) is 0 Å². The van der Waals surface area contributed by atoms with Gasteiger partial charge in [-0.1, -0.05) is 19.6 Å². The van der Waals surface area contributed by atoms with E-state index < -0.39 is 5.97 Å². The molecule has 1 aromatic rings. The van der Waals surface area contributed by atoms with Crippen LogP contribution in [-0.2, 0) is 14.3 Å². The average Bonchev–Trinajstić information content (AvgIpc) is 3.07. The molecule has 1 amide bonds. The standard InChI is InChI=1S/C15H17N3O3/c1-3-7-21-15(20)14-10(4-2)13(17-6-5-16-9-17)11-8-12(19)18(11)14/h3,5-6,9,11,13H,1,4,7-8H2,2H3. The quantitative estimate of drug-likeness (QED) is 0.467. The largest absolute Gasteiger partial charge is 0.457 e. The molecule has 6 nitrogen and oxygen atoms in total. The van der Waals surface area contributed by atoms with E-state index in [1.807, 2.05) is 17.7 Å². The molecule has 21 heavy (non-hydrogen) atoms. The molecular formula is C15H17N3O3. The van der Waals surface area contributed by atoms with Gasteiger partial charge in [-0.3, -0.25) is 9.69 Å². The van der Waals surface area contributed by atoms with E-state index in [1.54, 1.807) is 17.4 Å². The van der Waals surface area contributed by atoms with Crippen LogP contribution in [0.25, 0.3) is 0 Å². The molecule has 6 heteroatoms. The molecule has 3 heterocycles. The Kier molecular flexibility index (Phi) is 3.37. The van der Waals surface area contributed by atoms with Crippen molar-refractivity contribution in [2.75, 3.05) is 6.61 Å². The van der Waals surface area contributed by atoms with Crippen molar-refractivity contribution in [2.24, 2.45) is 0 Å². The van der Waals surface area contributed by atoms with Crippen molar-refractivity contribution in [3.8, 4) is 0 Å². The maximum atomic E-state index is 12.3. The number of hydrogen-bond acceptors (Lipinski definition) is 4. The van der Waals surface area contributed by atoms with Gasteiger partial charge in [0.2, 0.25) is 5.91 Å². The molecule has 2 aliphatic rings. The molecule has 1 fully saturated rings. The summed E-state index contributed by atoms with van der Waals surface area (Å²) in [5.74, 6) is -0.480. The number of rotatable bonds is 5. The fraction of sp³-hybridized carbons (Fsp3) is 0.400. The summed E-state index contributed by atoms with van der Waals surface area (Å²) in [6.45, 7) is 5.65. The zero-order valence-corrected chi connectivity index (χ0v) is 11.9. The first-order chi connectivity index (χ1) is 10.2. The number of ether oxygens (including phenoxy) is 1. The Bertz CT molecular complexity index is 618. The highest BCUT2D eigenvalue weighted by atomic mass is 16.5. The molecule has 2 aliphatic heterocycles. The van der Waals surface area contributed by atoms with Gasteiger partial charge in [0.05, 0.1) is 24.8 Å². The Morgan fingerprint density at radius 1 is 1.62 bits per heavy atom. The number of imidazole rings is 1. The van der Waals surface area contributed by atoms with E-state index in [-0.39, 0.29) is 24.6 Å². The van der Waals surface area contributed by atoms with Gasteiger partial charge in [0.1, 0.15) is 12.3 Å². The Balaban J connectivity index is 2.00. The SMILES string of the molecule is C=CCOC(=O)C1=C(CC)C(n2ccnc2)C2CC(=O)N12. The Morgan fingerprint density at radius 2 is 2.43 bits per heavy atom. The van der Waals surface area contributed by atoms with Crippen LogP contribution in [0.1, 0.15) is 25.8 Å². The molecule has 110 valence electrons. The minimum Gasteiger partial charge on any atom is -0.457 e. The van der Waals surface area contributed by atoms with Crippen molar-refractivity contribution in [1.82, 2.24) is 14.5 Å². The van der Waals surface area contributed by atoms with E-state index in [2.05, 4.69) is 11.6 Å². The van der Waals surface area contributed by atoms with Gasteiger partial charge >= 0.3 is 5.97 Å². The summed E-state index contributed by atoms with van der Waals surface area (Å²) in [4.78, 5) is 29.8. The van der Waals surface area contributed by atoms with Crippen LogP contribution in [0.2, 0.25) is 0 Å². The summed E-state index contributed by atoms with van der Waals surface area (Å²) in [6.07, 6.45) is 7.93. The van der Waals surface area contributed by atoms with Crippen LogP contribution < -0.4 is 0 Å². The van der Waals surface area contributed by atoms with Crippen molar-refractivity contribution in [1.29, 1.82) is 0 Å². The highest BCUT2D eigenvalue weighted by Gasteiger charge is 2.53. The molecule has 0 aliphatic carbocycles. The van der Waals surface area contributed by atoms with Crippen LogP contribution in [0.4, 0.5) is 0 Å². The van der Waals surface area contributed by atoms with Crippen molar-refractivity contribution >= 4 is 11.9 Å². The summed E-state index contributed by atoms with van der Waals surface area (Å²) in [5, 5.41) is 0. The van der Waals surface area contributed by atoms with Gasteiger partial charge in [-0.2, -0.15) is 0 Å². The van der Waals surface area contributed by atoms with E-state index in [4.69, 9.17) is 4.74 Å². The molecule has 0 bridgehead atoms. The fourth-order valence-electron chi connectivity index (χ4n) is 3.13. The van der Waals surface area contributed by atoms with Crippen LogP contribution in [-0.4, -0.2) is 39.0 Å². The maximum Gasteiger partial charge on any atom is 0.355 e. The first kappa shape index (κ1) is 13.6. The van der Waals surface area contributed by atoms with E-state index in [0.29, 0.717) is 18.5 Å². The topological polar surface area (TPSA) is 64.4 Å². The van der Waals surface area contributed by atoms with Crippen LogP contribution >= 0.6 is 0 Å². The second kappa shape index (κ2) is 5.20. The highest BCUT2D eigenvalue weighted by molar-refractivity contribution is 5.99.